The van der Waals surface area contributed by atoms with Crippen LogP contribution in [0.4, 0.5) is 0 Å². The first kappa shape index (κ1) is 13.0. The molecule has 2 nitrogen and oxygen atoms in total. The predicted octanol–water partition coefficient (Wildman–Crippen LogP) is 2.66. The van der Waals surface area contributed by atoms with E-state index in [-0.39, 0.29) is 0 Å². The highest BCUT2D eigenvalue weighted by Crippen LogP contribution is 2.20. The zero-order valence-corrected chi connectivity index (χ0v) is 10.2. The lowest BCUT2D eigenvalue weighted by atomic mass is 9.93. The molecule has 2 heteroatoms. The highest BCUT2D eigenvalue weighted by molar-refractivity contribution is 4.72. The van der Waals surface area contributed by atoms with Gasteiger partial charge in [0, 0.05) is 13.2 Å². The molecule has 1 aliphatic rings. The van der Waals surface area contributed by atoms with Crippen molar-refractivity contribution >= 4 is 0 Å². The van der Waals surface area contributed by atoms with Gasteiger partial charge in [0.1, 0.15) is 0 Å². The number of nitrogens with zero attached hydrogens (tertiary/aromatic N) is 1. The lowest BCUT2D eigenvalue weighted by Gasteiger charge is -2.32. The van der Waals surface area contributed by atoms with Crippen molar-refractivity contribution in [2.75, 3.05) is 26.2 Å². The van der Waals surface area contributed by atoms with E-state index in [0.717, 1.165) is 12.3 Å². The Hall–Kier alpha value is -0.0800. The van der Waals surface area contributed by atoms with Gasteiger partial charge in [-0.15, -0.1) is 0 Å². The minimum absolute atomic E-state index is 0.360. The molecule has 1 aliphatic heterocycles. The van der Waals surface area contributed by atoms with Gasteiger partial charge in [0.25, 0.3) is 0 Å². The van der Waals surface area contributed by atoms with E-state index in [2.05, 4.69) is 11.8 Å². The number of hydrogen-bond donors (Lipinski definition) is 1. The first-order chi connectivity index (χ1) is 7.36. The monoisotopic (exact) mass is 213 g/mol. The van der Waals surface area contributed by atoms with Crippen LogP contribution in [0.5, 0.6) is 0 Å². The van der Waals surface area contributed by atoms with Gasteiger partial charge in [-0.1, -0.05) is 13.3 Å². The quantitative estimate of drug-likeness (QED) is 0.657. The molecule has 0 amide bonds. The van der Waals surface area contributed by atoms with E-state index in [1.165, 1.54) is 58.2 Å². The van der Waals surface area contributed by atoms with E-state index in [1.54, 1.807) is 0 Å². The van der Waals surface area contributed by atoms with Crippen LogP contribution in [-0.2, 0) is 0 Å². The average molecular weight is 213 g/mol. The van der Waals surface area contributed by atoms with Crippen molar-refractivity contribution in [2.45, 2.75) is 51.9 Å². The number of aliphatic hydroxyl groups excluding tert-OH is 1. The van der Waals surface area contributed by atoms with Gasteiger partial charge in [-0.05, 0) is 57.5 Å². The largest absolute Gasteiger partial charge is 0.396 e. The number of rotatable bonds is 7. The molecule has 0 aromatic heterocycles. The first-order valence-corrected chi connectivity index (χ1v) is 6.70. The van der Waals surface area contributed by atoms with Gasteiger partial charge in [-0.2, -0.15) is 0 Å². The molecular formula is C13H27NO. The Labute approximate surface area is 94.7 Å². The molecule has 1 atom stereocenters. The summed E-state index contributed by atoms with van der Waals surface area (Å²) in [5.74, 6) is 0.960. The Morgan fingerprint density at radius 1 is 1.27 bits per heavy atom. The fourth-order valence-electron chi connectivity index (χ4n) is 2.62. The Morgan fingerprint density at radius 3 is 2.87 bits per heavy atom. The van der Waals surface area contributed by atoms with Crippen LogP contribution in [0.15, 0.2) is 0 Å². The predicted molar refractivity (Wildman–Crippen MR) is 65.0 cm³/mol. The van der Waals surface area contributed by atoms with Gasteiger partial charge < -0.3 is 10.0 Å². The fourth-order valence-corrected chi connectivity index (χ4v) is 2.62. The summed E-state index contributed by atoms with van der Waals surface area (Å²) in [6, 6.07) is 0. The van der Waals surface area contributed by atoms with Crippen molar-refractivity contribution in [1.29, 1.82) is 0 Å². The smallest absolute Gasteiger partial charge is 0.0431 e. The van der Waals surface area contributed by atoms with Gasteiger partial charge in [-0.25, -0.2) is 0 Å². The molecule has 0 aromatic carbocycles. The second-order valence-corrected chi connectivity index (χ2v) is 4.88. The average Bonchev–Trinajstić information content (AvgIpc) is 2.26. The van der Waals surface area contributed by atoms with Crippen molar-refractivity contribution in [3.05, 3.63) is 0 Å². The molecule has 15 heavy (non-hydrogen) atoms. The molecule has 1 N–H and O–H groups in total. The number of aliphatic hydroxyl groups is 1. The van der Waals surface area contributed by atoms with Crippen LogP contribution in [0, 0.1) is 5.92 Å². The Kier molecular flexibility index (Phi) is 7.03. The fraction of sp³-hybridized carbons (Fsp3) is 1.00. The van der Waals surface area contributed by atoms with Gasteiger partial charge >= 0.3 is 0 Å². The van der Waals surface area contributed by atoms with E-state index >= 15 is 0 Å². The molecule has 0 aliphatic carbocycles. The molecule has 0 aromatic rings. The van der Waals surface area contributed by atoms with E-state index in [1.807, 2.05) is 0 Å². The minimum Gasteiger partial charge on any atom is -0.396 e. The number of likely N-dealkylation sites (tertiary alicyclic amines) is 1. The number of hydrogen-bond acceptors (Lipinski definition) is 2. The van der Waals surface area contributed by atoms with Gasteiger partial charge in [-0.3, -0.25) is 0 Å². The van der Waals surface area contributed by atoms with E-state index in [0.29, 0.717) is 6.61 Å². The molecule has 0 bridgehead atoms. The molecule has 1 rings (SSSR count). The van der Waals surface area contributed by atoms with Crippen molar-refractivity contribution < 1.29 is 5.11 Å². The molecule has 1 fully saturated rings. The van der Waals surface area contributed by atoms with Crippen molar-refractivity contribution in [3.63, 3.8) is 0 Å². The zero-order valence-electron chi connectivity index (χ0n) is 10.2. The summed E-state index contributed by atoms with van der Waals surface area (Å²) in [5.41, 5.74) is 0. The maximum absolute atomic E-state index is 8.70. The normalized spacial score (nSPS) is 23.2. The lowest BCUT2D eigenvalue weighted by molar-refractivity contribution is 0.164. The van der Waals surface area contributed by atoms with E-state index in [4.69, 9.17) is 5.11 Å². The molecule has 90 valence electrons. The molecule has 0 radical (unpaired) electrons. The van der Waals surface area contributed by atoms with Crippen LogP contribution in [-0.4, -0.2) is 36.2 Å². The standard InChI is InChI=1S/C13H27NO/c1-2-7-13-8-6-10-14(12-13)9-4-3-5-11-15/h13,15H,2-12H2,1H3. The van der Waals surface area contributed by atoms with Crippen molar-refractivity contribution in [2.24, 2.45) is 5.92 Å². The lowest BCUT2D eigenvalue weighted by Crippen LogP contribution is -2.36. The van der Waals surface area contributed by atoms with Gasteiger partial charge in [0.2, 0.25) is 0 Å². The Bertz CT molecular complexity index is 147. The van der Waals surface area contributed by atoms with Crippen LogP contribution < -0.4 is 0 Å². The van der Waals surface area contributed by atoms with Gasteiger partial charge in [0.05, 0.1) is 0 Å². The highest BCUT2D eigenvalue weighted by Gasteiger charge is 2.18. The summed E-state index contributed by atoms with van der Waals surface area (Å²) in [5, 5.41) is 8.70. The second-order valence-electron chi connectivity index (χ2n) is 4.88. The van der Waals surface area contributed by atoms with Crippen LogP contribution in [0.2, 0.25) is 0 Å². The maximum Gasteiger partial charge on any atom is 0.0431 e. The van der Waals surface area contributed by atoms with Crippen LogP contribution in [0.1, 0.15) is 51.9 Å². The van der Waals surface area contributed by atoms with Crippen LogP contribution >= 0.6 is 0 Å². The summed E-state index contributed by atoms with van der Waals surface area (Å²) in [4.78, 5) is 2.63. The second kappa shape index (κ2) is 8.12. The Balaban J connectivity index is 2.07. The molecule has 1 heterocycles. The van der Waals surface area contributed by atoms with Crippen molar-refractivity contribution in [3.8, 4) is 0 Å². The zero-order chi connectivity index (χ0) is 10.9. The first-order valence-electron chi connectivity index (χ1n) is 6.70. The topological polar surface area (TPSA) is 23.5 Å². The molecule has 1 saturated heterocycles. The third-order valence-electron chi connectivity index (χ3n) is 3.43. The third kappa shape index (κ3) is 5.53. The summed E-state index contributed by atoms with van der Waals surface area (Å²) in [6.07, 6.45) is 9.01. The van der Waals surface area contributed by atoms with Crippen LogP contribution in [0.25, 0.3) is 0 Å². The summed E-state index contributed by atoms with van der Waals surface area (Å²) >= 11 is 0. The maximum atomic E-state index is 8.70. The van der Waals surface area contributed by atoms with Crippen LogP contribution in [0.3, 0.4) is 0 Å². The van der Waals surface area contributed by atoms with Gasteiger partial charge in [0.15, 0.2) is 0 Å². The number of piperidine rings is 1. The molecule has 0 saturated carbocycles. The highest BCUT2D eigenvalue weighted by atomic mass is 16.2. The summed E-state index contributed by atoms with van der Waals surface area (Å²) in [6.45, 7) is 6.53. The van der Waals surface area contributed by atoms with Crippen molar-refractivity contribution in [1.82, 2.24) is 4.90 Å². The molecule has 1 unspecified atom stereocenters. The number of unbranched alkanes of at least 4 members (excludes halogenated alkanes) is 2. The van der Waals surface area contributed by atoms with E-state index in [9.17, 15) is 0 Å². The summed E-state index contributed by atoms with van der Waals surface area (Å²) < 4.78 is 0. The Morgan fingerprint density at radius 2 is 2.13 bits per heavy atom. The molecular weight excluding hydrogens is 186 g/mol. The summed E-state index contributed by atoms with van der Waals surface area (Å²) in [7, 11) is 0. The molecule has 0 spiro atoms. The minimum atomic E-state index is 0.360. The SMILES string of the molecule is CCCC1CCCN(CCCCCO)C1. The third-order valence-corrected chi connectivity index (χ3v) is 3.43. The van der Waals surface area contributed by atoms with E-state index < -0.39 is 0 Å².